The van der Waals surface area contributed by atoms with E-state index in [9.17, 15) is 4.79 Å². The third kappa shape index (κ3) is 3.32. The minimum absolute atomic E-state index is 0.0420. The van der Waals surface area contributed by atoms with Crippen LogP contribution in [0.4, 0.5) is 0 Å². The van der Waals surface area contributed by atoms with Crippen LogP contribution in [0.5, 0.6) is 0 Å². The van der Waals surface area contributed by atoms with Gasteiger partial charge in [-0.1, -0.05) is 29.4 Å². The van der Waals surface area contributed by atoms with Crippen LogP contribution >= 0.6 is 23.4 Å². The molecular formula is C13H10ClNOS. The van der Waals surface area contributed by atoms with E-state index >= 15 is 0 Å². The van der Waals surface area contributed by atoms with Crippen molar-refractivity contribution >= 4 is 29.1 Å². The number of halogens is 1. The van der Waals surface area contributed by atoms with Gasteiger partial charge in [-0.05, 0) is 37.3 Å². The average Bonchev–Trinajstić information content (AvgIpc) is 2.29. The molecule has 0 unspecified atom stereocenters. The van der Waals surface area contributed by atoms with Crippen LogP contribution in [0, 0.1) is 0 Å². The maximum absolute atomic E-state index is 11.2. The van der Waals surface area contributed by atoms with Crippen molar-refractivity contribution in [1.82, 2.24) is 4.98 Å². The van der Waals surface area contributed by atoms with E-state index in [-0.39, 0.29) is 5.78 Å². The highest BCUT2D eigenvalue weighted by molar-refractivity contribution is 7.99. The highest BCUT2D eigenvalue weighted by Gasteiger charge is 2.03. The summed E-state index contributed by atoms with van der Waals surface area (Å²) >= 11 is 7.39. The number of hydrogen-bond donors (Lipinski definition) is 0. The number of aromatic nitrogens is 1. The molecule has 1 aromatic carbocycles. The summed E-state index contributed by atoms with van der Waals surface area (Å²) in [5.74, 6) is 0.0420. The number of carbonyl (C=O) groups excluding carboxylic acids is 1. The molecule has 0 fully saturated rings. The monoisotopic (exact) mass is 263 g/mol. The summed E-state index contributed by atoms with van der Waals surface area (Å²) < 4.78 is 0. The second kappa shape index (κ2) is 5.34. The molecule has 2 aromatic rings. The fraction of sp³-hybridized carbons (Fsp3) is 0.0769. The molecule has 86 valence electrons. The quantitative estimate of drug-likeness (QED) is 0.782. The maximum Gasteiger partial charge on any atom is 0.159 e. The lowest BCUT2D eigenvalue weighted by atomic mass is 10.2. The van der Waals surface area contributed by atoms with Gasteiger partial charge in [0.05, 0.1) is 0 Å². The van der Waals surface area contributed by atoms with Crippen molar-refractivity contribution in [3.05, 3.63) is 53.2 Å². The molecule has 0 bridgehead atoms. The molecule has 0 amide bonds. The van der Waals surface area contributed by atoms with Crippen LogP contribution in [0.3, 0.4) is 0 Å². The van der Waals surface area contributed by atoms with Gasteiger partial charge in [-0.2, -0.15) is 0 Å². The second-order valence-electron chi connectivity index (χ2n) is 3.50. The van der Waals surface area contributed by atoms with Crippen LogP contribution in [0.25, 0.3) is 0 Å². The molecule has 4 heteroatoms. The Morgan fingerprint density at radius 2 is 2.12 bits per heavy atom. The number of Topliss-reactive ketones (excluding diaryl/α,β-unsaturated/α-hetero) is 1. The highest BCUT2D eigenvalue weighted by Crippen LogP contribution is 2.28. The highest BCUT2D eigenvalue weighted by atomic mass is 35.5. The van der Waals surface area contributed by atoms with Gasteiger partial charge in [0.2, 0.25) is 0 Å². The smallest absolute Gasteiger partial charge is 0.159 e. The summed E-state index contributed by atoms with van der Waals surface area (Å²) in [7, 11) is 0. The Balaban J connectivity index is 2.24. The molecule has 0 aliphatic rings. The van der Waals surface area contributed by atoms with E-state index in [0.717, 1.165) is 9.92 Å². The zero-order chi connectivity index (χ0) is 12.3. The van der Waals surface area contributed by atoms with Gasteiger partial charge >= 0.3 is 0 Å². The summed E-state index contributed by atoms with van der Waals surface area (Å²) in [6.45, 7) is 1.54. The van der Waals surface area contributed by atoms with Crippen LogP contribution < -0.4 is 0 Å². The number of nitrogens with zero attached hydrogens (tertiary/aromatic N) is 1. The molecule has 0 aliphatic carbocycles. The minimum atomic E-state index is 0.0420. The summed E-state index contributed by atoms with van der Waals surface area (Å²) in [5.41, 5.74) is 0.671. The van der Waals surface area contributed by atoms with Gasteiger partial charge in [-0.25, -0.2) is 4.98 Å². The molecule has 0 radical (unpaired) electrons. The van der Waals surface area contributed by atoms with Gasteiger partial charge in [0.25, 0.3) is 0 Å². The lowest BCUT2D eigenvalue weighted by Gasteiger charge is -2.02. The van der Waals surface area contributed by atoms with E-state index in [1.54, 1.807) is 25.3 Å². The van der Waals surface area contributed by atoms with Crippen LogP contribution in [-0.2, 0) is 0 Å². The molecule has 0 saturated carbocycles. The van der Waals surface area contributed by atoms with Crippen molar-refractivity contribution in [2.45, 2.75) is 16.8 Å². The third-order valence-corrected chi connectivity index (χ3v) is 3.32. The normalized spacial score (nSPS) is 10.2. The van der Waals surface area contributed by atoms with E-state index in [4.69, 9.17) is 11.6 Å². The summed E-state index contributed by atoms with van der Waals surface area (Å²) in [6, 6.07) is 11.0. The topological polar surface area (TPSA) is 30.0 Å². The van der Waals surface area contributed by atoms with Crippen LogP contribution in [0.15, 0.2) is 52.5 Å². The lowest BCUT2D eigenvalue weighted by Crippen LogP contribution is -1.92. The molecule has 0 spiro atoms. The van der Waals surface area contributed by atoms with Crippen molar-refractivity contribution in [3.63, 3.8) is 0 Å². The predicted octanol–water partition coefficient (Wildman–Crippen LogP) is 4.09. The molecule has 0 saturated heterocycles. The van der Waals surface area contributed by atoms with Gasteiger partial charge in [-0.15, -0.1) is 0 Å². The first-order chi connectivity index (χ1) is 8.15. The van der Waals surface area contributed by atoms with Crippen LogP contribution in [-0.4, -0.2) is 10.8 Å². The van der Waals surface area contributed by atoms with Crippen molar-refractivity contribution in [1.29, 1.82) is 0 Å². The molecule has 1 heterocycles. The Labute approximate surface area is 109 Å². The van der Waals surface area contributed by atoms with Crippen molar-refractivity contribution in [2.24, 2.45) is 0 Å². The summed E-state index contributed by atoms with van der Waals surface area (Å²) in [4.78, 5) is 16.5. The Bertz CT molecular complexity index is 557. The molecule has 0 atom stereocenters. The average molecular weight is 264 g/mol. The lowest BCUT2D eigenvalue weighted by molar-refractivity contribution is 0.101. The van der Waals surface area contributed by atoms with E-state index in [1.807, 2.05) is 24.3 Å². The van der Waals surface area contributed by atoms with E-state index in [2.05, 4.69) is 4.98 Å². The summed E-state index contributed by atoms with van der Waals surface area (Å²) in [5, 5.41) is 1.48. The summed E-state index contributed by atoms with van der Waals surface area (Å²) in [6.07, 6.45) is 1.64. The van der Waals surface area contributed by atoms with Gasteiger partial charge in [0.1, 0.15) is 5.03 Å². The number of benzene rings is 1. The van der Waals surface area contributed by atoms with Crippen molar-refractivity contribution in [2.75, 3.05) is 0 Å². The van der Waals surface area contributed by atoms with Gasteiger partial charge in [-0.3, -0.25) is 4.79 Å². The number of rotatable bonds is 3. The Kier molecular flexibility index (Phi) is 3.82. The third-order valence-electron chi connectivity index (χ3n) is 2.16. The van der Waals surface area contributed by atoms with Crippen LogP contribution in [0.1, 0.15) is 17.3 Å². The number of carbonyl (C=O) groups is 1. The minimum Gasteiger partial charge on any atom is -0.295 e. The van der Waals surface area contributed by atoms with E-state index in [1.165, 1.54) is 11.8 Å². The molecule has 0 N–H and O–H groups in total. The molecule has 0 aliphatic heterocycles. The standard InChI is InChI=1S/C13H10ClNOS/c1-9(16)10-5-6-15-13(7-10)17-12-4-2-3-11(14)8-12/h2-8H,1H3. The van der Waals surface area contributed by atoms with E-state index in [0.29, 0.717) is 10.6 Å². The largest absolute Gasteiger partial charge is 0.295 e. The zero-order valence-corrected chi connectivity index (χ0v) is 10.8. The van der Waals surface area contributed by atoms with Crippen molar-refractivity contribution < 1.29 is 4.79 Å². The fourth-order valence-electron chi connectivity index (χ4n) is 1.34. The number of ketones is 1. The van der Waals surface area contributed by atoms with Crippen molar-refractivity contribution in [3.8, 4) is 0 Å². The molecule has 1 aromatic heterocycles. The molecule has 2 nitrogen and oxygen atoms in total. The maximum atomic E-state index is 11.2. The van der Waals surface area contributed by atoms with Gasteiger partial charge < -0.3 is 0 Å². The Morgan fingerprint density at radius 1 is 1.29 bits per heavy atom. The van der Waals surface area contributed by atoms with Crippen LogP contribution in [0.2, 0.25) is 5.02 Å². The SMILES string of the molecule is CC(=O)c1ccnc(Sc2cccc(Cl)c2)c1. The van der Waals surface area contributed by atoms with Gasteiger partial charge in [0.15, 0.2) is 5.78 Å². The Morgan fingerprint density at radius 3 is 2.82 bits per heavy atom. The molecule has 2 rings (SSSR count). The molecule has 17 heavy (non-hydrogen) atoms. The Hall–Kier alpha value is -1.32. The first kappa shape index (κ1) is 12.1. The zero-order valence-electron chi connectivity index (χ0n) is 9.18. The first-order valence-electron chi connectivity index (χ1n) is 5.05. The van der Waals surface area contributed by atoms with Gasteiger partial charge in [0, 0.05) is 21.7 Å². The fourth-order valence-corrected chi connectivity index (χ4v) is 2.46. The van der Waals surface area contributed by atoms with E-state index < -0.39 is 0 Å². The predicted molar refractivity (Wildman–Crippen MR) is 69.8 cm³/mol. The first-order valence-corrected chi connectivity index (χ1v) is 6.25. The molecular weight excluding hydrogens is 254 g/mol. The second-order valence-corrected chi connectivity index (χ2v) is 5.03. The number of pyridine rings is 1. The number of hydrogen-bond acceptors (Lipinski definition) is 3.